The molecule has 0 aliphatic heterocycles. The largest absolute Gasteiger partial charge is 0.468 e. The van der Waals surface area contributed by atoms with Crippen molar-refractivity contribution in [2.45, 2.75) is 17.4 Å². The van der Waals surface area contributed by atoms with E-state index >= 15 is 0 Å². The monoisotopic (exact) mass is 333 g/mol. The second kappa shape index (κ2) is 6.93. The minimum Gasteiger partial charge on any atom is -0.468 e. The van der Waals surface area contributed by atoms with E-state index in [0.717, 1.165) is 16.7 Å². The fourth-order valence-corrected chi connectivity index (χ4v) is 2.90. The molecule has 0 heterocycles. The van der Waals surface area contributed by atoms with Crippen LogP contribution in [0.15, 0.2) is 53.4 Å². The first-order valence-electron chi connectivity index (χ1n) is 7.04. The molecule has 0 saturated heterocycles. The fourth-order valence-electron chi connectivity index (χ4n) is 2.23. The molecule has 0 aromatic heterocycles. The van der Waals surface area contributed by atoms with E-state index < -0.39 is 21.8 Å². The average molecular weight is 333 g/mol. The van der Waals surface area contributed by atoms with Crippen LogP contribution in [0.1, 0.15) is 5.56 Å². The van der Waals surface area contributed by atoms with E-state index in [2.05, 4.69) is 4.74 Å². The molecule has 0 aliphatic rings. The predicted octanol–water partition coefficient (Wildman–Crippen LogP) is 1.80. The van der Waals surface area contributed by atoms with Gasteiger partial charge in [0.15, 0.2) is 9.84 Å². The molecule has 0 unspecified atom stereocenters. The van der Waals surface area contributed by atoms with Crippen LogP contribution in [0, 0.1) is 0 Å². The second-order valence-electron chi connectivity index (χ2n) is 5.33. The van der Waals surface area contributed by atoms with Crippen LogP contribution in [0.25, 0.3) is 11.1 Å². The third-order valence-corrected chi connectivity index (χ3v) is 4.62. The van der Waals surface area contributed by atoms with Crippen LogP contribution in [-0.4, -0.2) is 33.8 Å². The van der Waals surface area contributed by atoms with Gasteiger partial charge in [-0.1, -0.05) is 36.4 Å². The van der Waals surface area contributed by atoms with Gasteiger partial charge in [0.05, 0.1) is 12.0 Å². The van der Waals surface area contributed by atoms with Crippen LogP contribution >= 0.6 is 0 Å². The smallest absolute Gasteiger partial charge is 0.322 e. The first-order valence-corrected chi connectivity index (χ1v) is 8.93. The van der Waals surface area contributed by atoms with Gasteiger partial charge in [0.1, 0.15) is 6.04 Å². The van der Waals surface area contributed by atoms with Crippen LogP contribution < -0.4 is 5.73 Å². The molecule has 0 radical (unpaired) electrons. The molecule has 2 rings (SSSR count). The summed E-state index contributed by atoms with van der Waals surface area (Å²) in [5, 5.41) is 0. The van der Waals surface area contributed by atoms with Crippen LogP contribution in [-0.2, 0) is 25.8 Å². The van der Waals surface area contributed by atoms with Gasteiger partial charge in [0.2, 0.25) is 0 Å². The molecule has 2 N–H and O–H groups in total. The van der Waals surface area contributed by atoms with Crippen LogP contribution in [0.5, 0.6) is 0 Å². The Bertz CT molecular complexity index is 798. The molecule has 6 heteroatoms. The van der Waals surface area contributed by atoms with Crippen molar-refractivity contribution in [1.82, 2.24) is 0 Å². The molecule has 0 spiro atoms. The maximum absolute atomic E-state index is 11.6. The summed E-state index contributed by atoms with van der Waals surface area (Å²) >= 11 is 0. The maximum Gasteiger partial charge on any atom is 0.322 e. The number of methoxy groups -OCH3 is 1. The predicted molar refractivity (Wildman–Crippen MR) is 88.7 cm³/mol. The highest BCUT2D eigenvalue weighted by molar-refractivity contribution is 7.90. The summed E-state index contributed by atoms with van der Waals surface area (Å²) in [5.74, 6) is -0.449. The van der Waals surface area contributed by atoms with E-state index in [0.29, 0.717) is 6.42 Å². The van der Waals surface area contributed by atoms with Crippen molar-refractivity contribution in [1.29, 1.82) is 0 Å². The normalized spacial score (nSPS) is 12.7. The zero-order valence-corrected chi connectivity index (χ0v) is 13.8. The lowest BCUT2D eigenvalue weighted by molar-refractivity contribution is -0.142. The molecule has 0 saturated carbocycles. The molecule has 122 valence electrons. The molecule has 2 aromatic rings. The van der Waals surface area contributed by atoms with E-state index in [1.54, 1.807) is 18.2 Å². The average Bonchev–Trinajstić information content (AvgIpc) is 2.54. The van der Waals surface area contributed by atoms with Gasteiger partial charge < -0.3 is 10.5 Å². The van der Waals surface area contributed by atoms with E-state index in [4.69, 9.17) is 5.73 Å². The summed E-state index contributed by atoms with van der Waals surface area (Å²) in [7, 11) is -1.93. The van der Waals surface area contributed by atoms with Crippen LogP contribution in [0.4, 0.5) is 0 Å². The van der Waals surface area contributed by atoms with Gasteiger partial charge in [0, 0.05) is 6.26 Å². The third kappa shape index (κ3) is 4.40. The van der Waals surface area contributed by atoms with Gasteiger partial charge in [-0.25, -0.2) is 8.42 Å². The standard InChI is InChI=1S/C17H19NO4S/c1-22-17(19)16(18)10-12-6-8-13(9-7-12)14-4-3-5-15(11-14)23(2,20)21/h3-9,11,16H,10,18H2,1-2H3/t16-/m0/s1. The molecular weight excluding hydrogens is 314 g/mol. The SMILES string of the molecule is COC(=O)[C@@H](N)Cc1ccc(-c2cccc(S(C)(=O)=O)c2)cc1. The van der Waals surface area contributed by atoms with Crippen molar-refractivity contribution in [3.05, 3.63) is 54.1 Å². The van der Waals surface area contributed by atoms with Crippen molar-refractivity contribution < 1.29 is 17.9 Å². The number of nitrogens with two attached hydrogens (primary N) is 1. The fraction of sp³-hybridized carbons (Fsp3) is 0.235. The van der Waals surface area contributed by atoms with Crippen LogP contribution in [0.2, 0.25) is 0 Å². The summed E-state index contributed by atoms with van der Waals surface area (Å²) in [6.07, 6.45) is 1.57. The minimum atomic E-state index is -3.24. The number of rotatable bonds is 5. The number of ether oxygens (including phenoxy) is 1. The minimum absolute atomic E-state index is 0.284. The van der Waals surface area contributed by atoms with Gasteiger partial charge >= 0.3 is 5.97 Å². The van der Waals surface area contributed by atoms with Gasteiger partial charge in [-0.3, -0.25) is 4.79 Å². The topological polar surface area (TPSA) is 86.5 Å². The Morgan fingerprint density at radius 3 is 2.35 bits per heavy atom. The summed E-state index contributed by atoms with van der Waals surface area (Å²) in [5.41, 5.74) is 8.35. The van der Waals surface area contributed by atoms with Gasteiger partial charge in [-0.15, -0.1) is 0 Å². The maximum atomic E-state index is 11.6. The van der Waals surface area contributed by atoms with Gasteiger partial charge in [-0.05, 0) is 35.2 Å². The van der Waals surface area contributed by atoms with Crippen LogP contribution in [0.3, 0.4) is 0 Å². The molecular formula is C17H19NO4S. The molecule has 0 bridgehead atoms. The Morgan fingerprint density at radius 2 is 1.78 bits per heavy atom. The zero-order chi connectivity index (χ0) is 17.0. The number of benzene rings is 2. The number of carbonyl (C=O) groups excluding carboxylic acids is 1. The molecule has 5 nitrogen and oxygen atoms in total. The lowest BCUT2D eigenvalue weighted by Crippen LogP contribution is -2.33. The summed E-state index contributed by atoms with van der Waals surface area (Å²) in [4.78, 5) is 11.6. The second-order valence-corrected chi connectivity index (χ2v) is 7.35. The van der Waals surface area contributed by atoms with E-state index in [-0.39, 0.29) is 4.90 Å². The molecule has 23 heavy (non-hydrogen) atoms. The number of carbonyl (C=O) groups is 1. The van der Waals surface area contributed by atoms with Crippen molar-refractivity contribution in [2.24, 2.45) is 5.73 Å². The molecule has 2 aromatic carbocycles. The Hall–Kier alpha value is -2.18. The Kier molecular flexibility index (Phi) is 5.18. The van der Waals surface area contributed by atoms with Crippen molar-refractivity contribution >= 4 is 15.8 Å². The first kappa shape index (κ1) is 17.2. The quantitative estimate of drug-likeness (QED) is 0.843. The lowest BCUT2D eigenvalue weighted by atomic mass is 10.0. The van der Waals surface area contributed by atoms with Gasteiger partial charge in [0.25, 0.3) is 0 Å². The van der Waals surface area contributed by atoms with Crippen molar-refractivity contribution in [3.8, 4) is 11.1 Å². The first-order chi connectivity index (χ1) is 10.8. The number of hydrogen-bond donors (Lipinski definition) is 1. The number of sulfone groups is 1. The van der Waals surface area contributed by atoms with E-state index in [1.807, 2.05) is 30.3 Å². The highest BCUT2D eigenvalue weighted by atomic mass is 32.2. The third-order valence-electron chi connectivity index (χ3n) is 3.51. The Morgan fingerprint density at radius 1 is 1.13 bits per heavy atom. The molecule has 0 fully saturated rings. The lowest BCUT2D eigenvalue weighted by Gasteiger charge is -2.10. The highest BCUT2D eigenvalue weighted by Gasteiger charge is 2.14. The Balaban J connectivity index is 2.22. The highest BCUT2D eigenvalue weighted by Crippen LogP contribution is 2.23. The van der Waals surface area contributed by atoms with E-state index in [9.17, 15) is 13.2 Å². The van der Waals surface area contributed by atoms with Gasteiger partial charge in [-0.2, -0.15) is 0 Å². The van der Waals surface area contributed by atoms with Crippen molar-refractivity contribution in [2.75, 3.05) is 13.4 Å². The number of esters is 1. The van der Waals surface area contributed by atoms with E-state index in [1.165, 1.54) is 13.4 Å². The summed E-state index contributed by atoms with van der Waals surface area (Å²) < 4.78 is 27.9. The Labute approximate surface area is 136 Å². The molecule has 0 amide bonds. The summed E-state index contributed by atoms with van der Waals surface area (Å²) in [6.45, 7) is 0. The summed E-state index contributed by atoms with van der Waals surface area (Å²) in [6, 6.07) is 13.6. The molecule has 1 atom stereocenters. The van der Waals surface area contributed by atoms with Crippen molar-refractivity contribution in [3.63, 3.8) is 0 Å². The zero-order valence-electron chi connectivity index (χ0n) is 13.0. The molecule has 0 aliphatic carbocycles. The number of hydrogen-bond acceptors (Lipinski definition) is 5.